The fourth-order valence-corrected chi connectivity index (χ4v) is 17.0. The first-order valence-corrected chi connectivity index (χ1v) is 37.1. The molecule has 0 bridgehead atoms. The minimum absolute atomic E-state index is 0.00343. The molecule has 5 aliphatic heterocycles. The normalized spacial score (nSPS) is 36.9. The molecule has 1 N–H and O–H groups in total. The van der Waals surface area contributed by atoms with Crippen molar-refractivity contribution in [3.8, 4) is 0 Å². The number of ketones is 4. The second kappa shape index (κ2) is 34.1. The van der Waals surface area contributed by atoms with Crippen LogP contribution in [0.5, 0.6) is 0 Å². The van der Waals surface area contributed by atoms with E-state index in [0.717, 1.165) is 22.9 Å². The van der Waals surface area contributed by atoms with Crippen LogP contribution in [0, 0.1) is 70.0 Å². The number of Topliss-reactive ketones (excluding diaryl/α,β-unsaturated/α-hetero) is 4. The van der Waals surface area contributed by atoms with E-state index in [1.165, 1.54) is 23.3 Å². The van der Waals surface area contributed by atoms with E-state index >= 15 is 0 Å². The average molecular weight is 1410 g/mol. The van der Waals surface area contributed by atoms with Crippen LogP contribution in [-0.2, 0) is 73.2 Å². The lowest BCUT2D eigenvalue weighted by Gasteiger charge is -2.46. The number of hydrogen-bond acceptors (Lipinski definition) is 20. The standard InChI is InChI=1S/C44H65N3O9.C35H54N2O8/c1-12-34-44(13-2)38(47(42(52)56-44)21-20-46(11)24-31-18-19-45-33-17-15-14-16-32(31)33)28(6)35(48)26(4)23-43(9,10)39(29(7)37(50)30(8)40(51)54-34)55-41-36(49)25(3)22-27(5)53-41;1-12-27-35(13-2,45-33(41)37-15-14-36-19-37)18-22(5)28(38)21(4)17-34(10,11)30(25(8)29(39)26(9)31(40)43-27)44-32-24(7)20(3)16-23(6)42-32/h14-19,25-30,34,36,38-39,41,49H,12-13,20-24H2,1-11H3;14-15,18-21,23-27,30,32H,12-13,16-17H2,1-11H3/b;22-18+/t25-,26+,27+,28-,29-,30+,34+,36+,38+,39+,41-,44+;20-,21+,23+,24+,25-,26+,27+,30+,32-,35-/m00/s1. The molecule has 8 rings (SSSR count). The number of carbonyl (C=O) groups is 8. The quantitative estimate of drug-likeness (QED) is 0.0892. The summed E-state index contributed by atoms with van der Waals surface area (Å²) in [5, 5.41) is 12.2. The molecular weight excluding hydrogens is 1290 g/mol. The highest BCUT2D eigenvalue weighted by Crippen LogP contribution is 2.47. The van der Waals surface area contributed by atoms with Crippen LogP contribution in [0.3, 0.4) is 0 Å². The fraction of sp³-hybridized carbons (Fsp3) is 0.722. The lowest BCUT2D eigenvalue weighted by molar-refractivity contribution is -0.284. The van der Waals surface area contributed by atoms with Gasteiger partial charge in [-0.25, -0.2) is 19.1 Å². The van der Waals surface area contributed by atoms with E-state index in [1.54, 1.807) is 65.6 Å². The molecular formula is C79H119N5O17. The molecule has 1 aromatic carbocycles. The van der Waals surface area contributed by atoms with Gasteiger partial charge in [0.05, 0.1) is 36.0 Å². The summed E-state index contributed by atoms with van der Waals surface area (Å²) in [4.78, 5) is 124. The van der Waals surface area contributed by atoms with Crippen molar-refractivity contribution in [3.05, 3.63) is 72.5 Å². The molecule has 5 aliphatic rings. The largest absolute Gasteiger partial charge is 0.457 e. The van der Waals surface area contributed by atoms with Gasteiger partial charge >= 0.3 is 24.1 Å². The number of nitrogens with zero attached hydrogens (tertiary/aromatic N) is 5. The van der Waals surface area contributed by atoms with Crippen molar-refractivity contribution < 1.29 is 81.4 Å². The summed E-state index contributed by atoms with van der Waals surface area (Å²) in [5.74, 6) is -7.43. The summed E-state index contributed by atoms with van der Waals surface area (Å²) in [6.45, 7) is 40.7. The predicted molar refractivity (Wildman–Crippen MR) is 381 cm³/mol. The molecule has 2 aromatic heterocycles. The zero-order valence-electron chi connectivity index (χ0n) is 64.3. The Morgan fingerprint density at radius 3 is 1.80 bits per heavy atom. The Morgan fingerprint density at radius 1 is 0.683 bits per heavy atom. The van der Waals surface area contributed by atoms with Gasteiger partial charge < -0.3 is 47.9 Å². The molecule has 3 aromatic rings. The number of imidazole rings is 1. The highest BCUT2D eigenvalue weighted by Gasteiger charge is 2.62. The number of fused-ring (bicyclic) bond motifs is 2. The van der Waals surface area contributed by atoms with Gasteiger partial charge in [-0.05, 0) is 145 Å². The monoisotopic (exact) mass is 1410 g/mol. The van der Waals surface area contributed by atoms with Gasteiger partial charge in [0.25, 0.3) is 0 Å². The molecule has 22 heteroatoms. The molecule has 22 nitrogen and oxygen atoms in total. The number of pyridine rings is 1. The van der Waals surface area contributed by atoms with E-state index in [0.29, 0.717) is 50.3 Å². The number of likely N-dealkylation sites (N-methyl/N-ethyl adjacent to an activating group) is 1. The third kappa shape index (κ3) is 18.3. The summed E-state index contributed by atoms with van der Waals surface area (Å²) in [7, 11) is 1.99. The number of allylic oxidation sites excluding steroid dienone is 1. The Kier molecular flexibility index (Phi) is 27.7. The highest BCUT2D eigenvalue weighted by atomic mass is 16.7. The molecule has 0 radical (unpaired) electrons. The highest BCUT2D eigenvalue weighted by molar-refractivity contribution is 6.01. The number of aliphatic hydroxyl groups is 1. The van der Waals surface area contributed by atoms with Gasteiger partial charge in [-0.15, -0.1) is 0 Å². The van der Waals surface area contributed by atoms with Crippen LogP contribution in [0.2, 0.25) is 0 Å². The van der Waals surface area contributed by atoms with Gasteiger partial charge in [0, 0.05) is 79.1 Å². The second-order valence-electron chi connectivity index (χ2n) is 31.8. The Hall–Kier alpha value is -6.30. The summed E-state index contributed by atoms with van der Waals surface area (Å²) < 4.78 is 51.4. The summed E-state index contributed by atoms with van der Waals surface area (Å²) in [6, 6.07) is 9.23. The van der Waals surface area contributed by atoms with Crippen molar-refractivity contribution in [2.75, 3.05) is 20.1 Å². The van der Waals surface area contributed by atoms with Crippen LogP contribution < -0.4 is 0 Å². The van der Waals surface area contributed by atoms with Gasteiger partial charge in [-0.3, -0.25) is 38.7 Å². The number of hydrogen-bond donors (Lipinski definition) is 1. The van der Waals surface area contributed by atoms with E-state index in [9.17, 15) is 43.5 Å². The third-order valence-electron chi connectivity index (χ3n) is 22.9. The number of aromatic nitrogens is 3. The molecule has 1 amide bonds. The van der Waals surface area contributed by atoms with Gasteiger partial charge in [0.1, 0.15) is 42.3 Å². The number of esters is 2. The number of carbonyl (C=O) groups excluding carboxylic acids is 8. The van der Waals surface area contributed by atoms with Crippen molar-refractivity contribution in [3.63, 3.8) is 0 Å². The van der Waals surface area contributed by atoms with Crippen LogP contribution >= 0.6 is 0 Å². The average Bonchev–Trinajstić information content (AvgIpc) is 1.61. The fourth-order valence-electron chi connectivity index (χ4n) is 17.0. The van der Waals surface area contributed by atoms with Crippen molar-refractivity contribution in [1.82, 2.24) is 24.3 Å². The SMILES string of the molecule is CC[C@H]1OC(=O)[C@H](C)C(=O)[C@H](C)[C@@H](O[C@@H]2O[C@H](C)C[C@H](C)[C@H]2C)C(C)(C)C[C@@H](C)C(=O)/C(C)=C/[C@]1(CC)OC(=O)n1ccnc1.CC[C@H]1OC(=O)[C@H](C)C(=O)[C@H](C)[C@@H](O[C@@H]2O[C@H](C)C[C@H](C)[C@H]2O)C(C)(C)C[C@@H](C)C(=O)[C@H](C)[C@H]2N(CCN(C)Cc3ccnc4ccccc34)C(=O)O[C@]12CC. The van der Waals surface area contributed by atoms with Crippen LogP contribution in [0.1, 0.15) is 202 Å². The minimum Gasteiger partial charge on any atom is -0.457 e. The number of ether oxygens (including phenoxy) is 8. The molecule has 101 heavy (non-hydrogen) atoms. The molecule has 0 unspecified atom stereocenters. The topological polar surface area (TPSA) is 268 Å². The van der Waals surface area contributed by atoms with Crippen molar-refractivity contribution in [2.45, 2.75) is 276 Å². The molecule has 4 saturated heterocycles. The molecule has 0 saturated carbocycles. The smallest absolute Gasteiger partial charge is 0.420 e. The van der Waals surface area contributed by atoms with Crippen LogP contribution in [0.4, 0.5) is 9.59 Å². The summed E-state index contributed by atoms with van der Waals surface area (Å²) in [5.41, 5.74) is -1.84. The number of benzene rings is 1. The molecule has 0 spiro atoms. The first-order valence-electron chi connectivity index (χ1n) is 37.1. The second-order valence-corrected chi connectivity index (χ2v) is 31.8. The van der Waals surface area contributed by atoms with Gasteiger partial charge in [0.2, 0.25) is 0 Å². The van der Waals surface area contributed by atoms with Crippen LogP contribution in [-0.4, -0.2) is 169 Å². The number of rotatable bonds is 14. The lowest BCUT2D eigenvalue weighted by Crippen LogP contribution is -2.60. The molecule has 7 heterocycles. The van der Waals surface area contributed by atoms with Crippen molar-refractivity contribution in [2.24, 2.45) is 70.0 Å². The zero-order valence-corrected chi connectivity index (χ0v) is 64.3. The Morgan fingerprint density at radius 2 is 1.24 bits per heavy atom. The Bertz CT molecular complexity index is 3400. The molecule has 22 atom stereocenters. The predicted octanol–water partition coefficient (Wildman–Crippen LogP) is 13.1. The van der Waals surface area contributed by atoms with Gasteiger partial charge in [-0.2, -0.15) is 0 Å². The maximum atomic E-state index is 14.8. The number of cyclic esters (lactones) is 2. The van der Waals surface area contributed by atoms with E-state index in [-0.39, 0.29) is 73.0 Å². The molecule has 4 fully saturated rings. The first-order chi connectivity index (χ1) is 47.3. The number of amides is 1. The maximum absolute atomic E-state index is 14.8. The summed E-state index contributed by atoms with van der Waals surface area (Å²) in [6.07, 6.45) is 3.82. The van der Waals surface area contributed by atoms with Crippen molar-refractivity contribution >= 4 is 58.2 Å². The zero-order chi connectivity index (χ0) is 75.1. The Labute approximate surface area is 599 Å². The van der Waals surface area contributed by atoms with Gasteiger partial charge in [-0.1, -0.05) is 129 Å². The lowest BCUT2D eigenvalue weighted by atomic mass is 9.69. The van der Waals surface area contributed by atoms with E-state index in [2.05, 4.69) is 28.7 Å². The number of aliphatic hydroxyl groups excluding tert-OH is 1. The third-order valence-corrected chi connectivity index (χ3v) is 22.9. The molecule has 562 valence electrons. The number of para-hydroxylation sites is 1. The van der Waals surface area contributed by atoms with Gasteiger partial charge in [0.15, 0.2) is 41.1 Å². The van der Waals surface area contributed by atoms with Crippen LogP contribution in [0.25, 0.3) is 10.9 Å². The minimum atomic E-state index is -1.47. The Balaban J connectivity index is 0.000000291. The van der Waals surface area contributed by atoms with E-state index < -0.39 is 137 Å². The summed E-state index contributed by atoms with van der Waals surface area (Å²) >= 11 is 0. The maximum Gasteiger partial charge on any atom is 0.420 e. The van der Waals surface area contributed by atoms with E-state index in [4.69, 9.17) is 37.9 Å². The first kappa shape index (κ1) is 82.0. The molecule has 0 aliphatic carbocycles. The van der Waals surface area contributed by atoms with Crippen LogP contribution in [0.15, 0.2) is 66.9 Å². The van der Waals surface area contributed by atoms with E-state index in [1.807, 2.05) is 120 Å². The van der Waals surface area contributed by atoms with Crippen molar-refractivity contribution in [1.29, 1.82) is 0 Å².